The van der Waals surface area contributed by atoms with Crippen LogP contribution in [0.15, 0.2) is 30.3 Å². The molecule has 0 fully saturated rings. The second-order valence-electron chi connectivity index (χ2n) is 3.84. The lowest BCUT2D eigenvalue weighted by Crippen LogP contribution is -2.13. The molecule has 0 spiro atoms. The summed E-state index contributed by atoms with van der Waals surface area (Å²) in [6.45, 7) is 4.36. The fourth-order valence-electron chi connectivity index (χ4n) is 1.17. The summed E-state index contributed by atoms with van der Waals surface area (Å²) in [7, 11) is -2.43. The summed E-state index contributed by atoms with van der Waals surface area (Å²) >= 11 is 0. The van der Waals surface area contributed by atoms with Crippen LogP contribution in [0.3, 0.4) is 0 Å². The van der Waals surface area contributed by atoms with Crippen LogP contribution in [-0.4, -0.2) is 22.1 Å². The number of hydrogen-bond donors (Lipinski definition) is 2. The summed E-state index contributed by atoms with van der Waals surface area (Å²) in [5.74, 6) is -1.97. The Hall–Kier alpha value is -1.25. The molecule has 5 heteroatoms. The molecule has 0 saturated carbocycles. The fraction of sp³-hybridized carbons (Fsp3) is 0.462. The van der Waals surface area contributed by atoms with Crippen molar-refractivity contribution in [1.29, 1.82) is 0 Å². The van der Waals surface area contributed by atoms with Crippen LogP contribution in [0.1, 0.15) is 38.2 Å². The van der Waals surface area contributed by atoms with Gasteiger partial charge >= 0.3 is 14.0 Å². The molecule has 1 rings (SSSR count). The topological polar surface area (TPSA) is 74.6 Å². The third kappa shape index (κ3) is 7.15. The Labute approximate surface area is 109 Å². The first-order valence-electron chi connectivity index (χ1n) is 5.94. The highest BCUT2D eigenvalue weighted by atomic mass is 31.1. The van der Waals surface area contributed by atoms with E-state index in [1.807, 2.05) is 0 Å². The largest absolute Gasteiger partial charge is 0.506 e. The molecule has 1 aromatic carbocycles. The summed E-state index contributed by atoms with van der Waals surface area (Å²) < 4.78 is 10.6. The average molecular weight is 271 g/mol. The molecule has 4 nitrogen and oxygen atoms in total. The maximum atomic E-state index is 10.8. The Bertz CT molecular complexity index is 363. The van der Waals surface area contributed by atoms with E-state index in [1.54, 1.807) is 30.3 Å². The van der Waals surface area contributed by atoms with Gasteiger partial charge < -0.3 is 5.11 Å². The van der Waals surface area contributed by atoms with Gasteiger partial charge in [-0.25, -0.2) is 0 Å². The third-order valence-electron chi connectivity index (χ3n) is 2.34. The molecule has 0 saturated heterocycles. The summed E-state index contributed by atoms with van der Waals surface area (Å²) in [6, 6.07) is 8.45. The number of carbonyl (C=O) groups is 1. The summed E-state index contributed by atoms with van der Waals surface area (Å²) in [4.78, 5) is 19.5. The lowest BCUT2D eigenvalue weighted by molar-refractivity contribution is -0.138. The van der Waals surface area contributed by atoms with Crippen LogP contribution in [0.2, 0.25) is 0 Å². The second kappa shape index (κ2) is 9.75. The molecule has 0 amide bonds. The average Bonchev–Trinajstić information content (AvgIpc) is 2.37. The van der Waals surface area contributed by atoms with Gasteiger partial charge in [0, 0.05) is 0 Å². The molecule has 0 radical (unpaired) electrons. The van der Waals surface area contributed by atoms with Crippen LogP contribution >= 0.6 is 8.03 Å². The van der Waals surface area contributed by atoms with Crippen molar-refractivity contribution in [2.75, 3.05) is 6.16 Å². The number of hydrogen-bond acceptors (Lipinski definition) is 2. The number of carboxylic acid groups (broad SMARTS) is 1. The Morgan fingerprint density at radius 1 is 1.22 bits per heavy atom. The molecule has 0 aliphatic rings. The molecule has 0 heterocycles. The lowest BCUT2D eigenvalue weighted by Gasteiger charge is -2.05. The van der Waals surface area contributed by atoms with Crippen molar-refractivity contribution >= 4 is 14.0 Å². The molecule has 0 aliphatic carbocycles. The predicted molar refractivity (Wildman–Crippen MR) is 72.1 cm³/mol. The fourth-order valence-corrected chi connectivity index (χ4v) is 1.85. The normalized spacial score (nSPS) is 12.1. The van der Waals surface area contributed by atoms with Gasteiger partial charge in [0.15, 0.2) is 6.16 Å². The van der Waals surface area contributed by atoms with Crippen molar-refractivity contribution < 1.29 is 19.4 Å². The molecule has 18 heavy (non-hydrogen) atoms. The van der Waals surface area contributed by atoms with Gasteiger partial charge in [0.2, 0.25) is 0 Å². The van der Waals surface area contributed by atoms with E-state index in [-0.39, 0.29) is 6.16 Å². The SMILES string of the molecule is CCCC.O=C(O)C(C[P+](=O)O)c1ccccc1. The maximum absolute atomic E-state index is 10.8. The van der Waals surface area contributed by atoms with Gasteiger partial charge in [-0.1, -0.05) is 57.0 Å². The van der Waals surface area contributed by atoms with Gasteiger partial charge in [-0.05, 0) is 10.1 Å². The Morgan fingerprint density at radius 3 is 2.06 bits per heavy atom. The van der Waals surface area contributed by atoms with Crippen molar-refractivity contribution in [2.24, 2.45) is 0 Å². The van der Waals surface area contributed by atoms with Gasteiger partial charge in [-0.3, -0.25) is 4.79 Å². The van der Waals surface area contributed by atoms with Crippen LogP contribution in [0.5, 0.6) is 0 Å². The first-order chi connectivity index (χ1) is 8.52. The molecule has 0 aliphatic heterocycles. The molecule has 0 aromatic heterocycles. The van der Waals surface area contributed by atoms with E-state index in [0.29, 0.717) is 5.56 Å². The minimum absolute atomic E-state index is 0.241. The standard InChI is InChI=1S/C9H9O4P.C4H10/c10-9(11)8(6-14(12)13)7-4-2-1-3-5-7;1-3-4-2/h1-5,8H,6H2,(H-,10,11,12,13);3-4H2,1-2H3/p+1. The van der Waals surface area contributed by atoms with Crippen molar-refractivity contribution in [1.82, 2.24) is 0 Å². The van der Waals surface area contributed by atoms with E-state index in [4.69, 9.17) is 10.00 Å². The van der Waals surface area contributed by atoms with Gasteiger partial charge in [-0.15, -0.1) is 0 Å². The Morgan fingerprint density at radius 2 is 1.72 bits per heavy atom. The maximum Gasteiger partial charge on any atom is 0.506 e. The van der Waals surface area contributed by atoms with Crippen molar-refractivity contribution in [3.8, 4) is 0 Å². The number of aliphatic carboxylic acids is 1. The van der Waals surface area contributed by atoms with E-state index >= 15 is 0 Å². The van der Waals surface area contributed by atoms with Crippen LogP contribution in [-0.2, 0) is 9.36 Å². The van der Waals surface area contributed by atoms with Crippen LogP contribution in [0, 0.1) is 0 Å². The van der Waals surface area contributed by atoms with Gasteiger partial charge in [-0.2, -0.15) is 4.89 Å². The quantitative estimate of drug-likeness (QED) is 0.805. The van der Waals surface area contributed by atoms with E-state index < -0.39 is 19.9 Å². The van der Waals surface area contributed by atoms with Crippen molar-refractivity contribution in [3.63, 3.8) is 0 Å². The van der Waals surface area contributed by atoms with Gasteiger partial charge in [0.1, 0.15) is 5.92 Å². The highest BCUT2D eigenvalue weighted by Crippen LogP contribution is 2.26. The predicted octanol–water partition coefficient (Wildman–Crippen LogP) is 3.40. The van der Waals surface area contributed by atoms with Crippen LogP contribution in [0.25, 0.3) is 0 Å². The molecule has 0 bridgehead atoms. The molecule has 2 atom stereocenters. The highest BCUT2D eigenvalue weighted by Gasteiger charge is 2.29. The van der Waals surface area contributed by atoms with Crippen molar-refractivity contribution in [3.05, 3.63) is 35.9 Å². The molecule has 2 unspecified atom stereocenters. The zero-order valence-corrected chi connectivity index (χ0v) is 11.6. The number of carboxylic acids is 1. The van der Waals surface area contributed by atoms with Gasteiger partial charge in [0.05, 0.1) is 0 Å². The number of benzene rings is 1. The van der Waals surface area contributed by atoms with E-state index in [0.717, 1.165) is 0 Å². The molecular weight excluding hydrogens is 251 g/mol. The van der Waals surface area contributed by atoms with Crippen LogP contribution < -0.4 is 0 Å². The van der Waals surface area contributed by atoms with E-state index in [2.05, 4.69) is 13.8 Å². The molecular formula is C13H20O4P+. The summed E-state index contributed by atoms with van der Waals surface area (Å²) in [5.41, 5.74) is 0.553. The molecule has 1 aromatic rings. The summed E-state index contributed by atoms with van der Waals surface area (Å²) in [6.07, 6.45) is 2.40. The smallest absolute Gasteiger partial charge is 0.481 e. The van der Waals surface area contributed by atoms with Crippen LogP contribution in [0.4, 0.5) is 0 Å². The highest BCUT2D eigenvalue weighted by molar-refractivity contribution is 7.38. The molecule has 2 N–H and O–H groups in total. The Kier molecular flexibility index (Phi) is 9.07. The minimum Gasteiger partial charge on any atom is -0.481 e. The zero-order chi connectivity index (χ0) is 14.0. The second-order valence-corrected chi connectivity index (χ2v) is 4.91. The van der Waals surface area contributed by atoms with E-state index in [9.17, 15) is 9.36 Å². The van der Waals surface area contributed by atoms with E-state index in [1.165, 1.54) is 12.8 Å². The minimum atomic E-state index is -2.43. The number of unbranched alkanes of at least 4 members (excludes halogenated alkanes) is 1. The Balaban J connectivity index is 0.000000631. The summed E-state index contributed by atoms with van der Waals surface area (Å²) in [5, 5.41) is 8.84. The third-order valence-corrected chi connectivity index (χ3v) is 3.02. The monoisotopic (exact) mass is 271 g/mol. The first kappa shape index (κ1) is 16.8. The molecule has 100 valence electrons. The van der Waals surface area contributed by atoms with Gasteiger partial charge in [0.25, 0.3) is 0 Å². The van der Waals surface area contributed by atoms with Crippen molar-refractivity contribution in [2.45, 2.75) is 32.6 Å². The first-order valence-corrected chi connectivity index (χ1v) is 7.33. The zero-order valence-electron chi connectivity index (χ0n) is 10.7. The lowest BCUT2D eigenvalue weighted by atomic mass is 10.0. The number of rotatable bonds is 5.